The zero-order valence-electron chi connectivity index (χ0n) is 29.3. The first-order chi connectivity index (χ1) is 28.1. The van der Waals surface area contributed by atoms with E-state index in [1.54, 1.807) is 0 Å². The van der Waals surface area contributed by atoms with Gasteiger partial charge in [-0.2, -0.15) is 43.9 Å². The zero-order chi connectivity index (χ0) is 45.6. The zero-order valence-corrected chi connectivity index (χ0v) is 32.6. The van der Waals surface area contributed by atoms with Gasteiger partial charge >= 0.3 is 0 Å². The van der Waals surface area contributed by atoms with E-state index in [0.717, 1.165) is 16.8 Å². The molecule has 0 aliphatic rings. The first kappa shape index (κ1) is 45.1. The number of amides is 1. The molecule has 29 nitrogen and oxygen atoms in total. The van der Waals surface area contributed by atoms with Crippen LogP contribution >= 0.6 is 0 Å². The molecule has 0 unspecified atom stereocenters. The molecule has 0 atom stereocenters. The Labute approximate surface area is 338 Å². The number of fused-ring (bicyclic) bond motifs is 1. The van der Waals surface area contributed by atoms with E-state index in [2.05, 4.69) is 35.8 Å². The van der Waals surface area contributed by atoms with Gasteiger partial charge in [0, 0.05) is 12.1 Å². The maximum atomic E-state index is 12.5. The van der Waals surface area contributed by atoms with E-state index >= 15 is 0 Å². The van der Waals surface area contributed by atoms with Gasteiger partial charge in [0.2, 0.25) is 5.88 Å². The van der Waals surface area contributed by atoms with Crippen LogP contribution in [-0.2, 0) is 47.0 Å². The van der Waals surface area contributed by atoms with E-state index in [1.165, 1.54) is 0 Å². The van der Waals surface area contributed by atoms with E-state index in [-0.39, 0.29) is 6.54 Å². The average molecular weight is 931 g/mol. The molecule has 1 aromatic heterocycles. The Bertz CT molecular complexity index is 3260. The van der Waals surface area contributed by atoms with Crippen molar-refractivity contribution in [1.29, 1.82) is 0 Å². The minimum atomic E-state index is -5.54. The number of carbonyl (C=O) groups is 1. The minimum absolute atomic E-state index is 0.317. The van der Waals surface area contributed by atoms with Gasteiger partial charge in [0.1, 0.15) is 42.3 Å². The normalized spacial score (nSPS) is 12.9. The maximum absolute atomic E-state index is 12.5. The number of hydrogen-bond acceptors (Lipinski definition) is 22. The predicted octanol–water partition coefficient (Wildman–Crippen LogP) is 3.39. The molecule has 4 aromatic carbocycles. The number of phenols is 2. The lowest BCUT2D eigenvalue weighted by Gasteiger charge is -2.13. The number of carbonyl (C=O) groups excluding carboxylic acids is 1. The smallest absolute Gasteiger partial charge is 0.297 e. The molecule has 10 N–H and O–H groups in total. The third-order valence-corrected chi connectivity index (χ3v) is 11.2. The van der Waals surface area contributed by atoms with Crippen LogP contribution in [0.15, 0.2) is 98.8 Å². The molecule has 5 rings (SSSR count). The highest BCUT2D eigenvalue weighted by atomic mass is 32.2. The van der Waals surface area contributed by atoms with Crippen molar-refractivity contribution in [3.05, 3.63) is 64.3 Å². The monoisotopic (exact) mass is 930 g/mol. The number of azo groups is 3. The van der Waals surface area contributed by atoms with Crippen molar-refractivity contribution in [2.24, 2.45) is 36.4 Å². The van der Waals surface area contributed by atoms with Gasteiger partial charge in [-0.1, -0.05) is 0 Å². The van der Waals surface area contributed by atoms with Crippen molar-refractivity contribution in [1.82, 2.24) is 9.78 Å². The Hall–Kier alpha value is -6.98. The highest BCUT2D eigenvalue weighted by molar-refractivity contribution is 7.86. The number of aliphatic hydroxyl groups is 1. The number of benzene rings is 4. The number of aliphatic hydroxyl groups excluding tert-OH is 1. The average Bonchev–Trinajstić information content (AvgIpc) is 3.45. The van der Waals surface area contributed by atoms with Gasteiger partial charge in [0.15, 0.2) is 22.9 Å². The Morgan fingerprint density at radius 1 is 0.672 bits per heavy atom. The Morgan fingerprint density at radius 2 is 1.13 bits per heavy atom. The van der Waals surface area contributed by atoms with E-state index in [9.17, 15) is 82.1 Å². The second-order valence-corrected chi connectivity index (χ2v) is 17.2. The summed E-state index contributed by atoms with van der Waals surface area (Å²) in [6.45, 7) is -0.860. The fraction of sp³-hybridized carbons (Fsp3) is 0.0714. The van der Waals surface area contributed by atoms with Crippen LogP contribution in [0.2, 0.25) is 0 Å². The number of nitro benzene ring substituents is 1. The molecular formula is C28H22N10O19S4. The summed E-state index contributed by atoms with van der Waals surface area (Å²) >= 11 is 0. The van der Waals surface area contributed by atoms with Crippen LogP contribution < -0.4 is 5.73 Å². The number of phenolic OH excluding ortho intramolecular Hbond substituents is 2. The Morgan fingerprint density at radius 3 is 1.57 bits per heavy atom. The number of non-ortho nitro benzene ring substituents is 1. The Kier molecular flexibility index (Phi) is 12.0. The van der Waals surface area contributed by atoms with Gasteiger partial charge in [-0.25, -0.2) is 4.68 Å². The van der Waals surface area contributed by atoms with Crippen LogP contribution in [-0.4, -0.2) is 99.5 Å². The molecule has 0 aliphatic carbocycles. The standard InChI is InChI=1S/C28H22N10O19S4/c29-27(42)23-24(28(43)37(36-23)5-6-39)35-30-12-1-3-14(16(9-12)58(46,47)48)31-33-21-18(60(52,53)54)7-11-8-19(61(55,56)57)22(26(41)20(11)25(21)40)34-32-15-4-2-13(38(44)45)10-17(15)59(49,50)51/h1-4,7-10,39-41,43H,5-6H2,(H2,29,42)(H,46,47,48)(H,49,50,51)(H,52,53,54)(H,55,56,57)/b33-31+,34-32+,35-30+. The second kappa shape index (κ2) is 16.2. The van der Waals surface area contributed by atoms with Crippen molar-refractivity contribution in [3.63, 3.8) is 0 Å². The van der Waals surface area contributed by atoms with Crippen LogP contribution in [0.5, 0.6) is 17.4 Å². The van der Waals surface area contributed by atoms with Crippen molar-refractivity contribution < 1.29 is 82.0 Å². The minimum Gasteiger partial charge on any atom is -0.505 e. The van der Waals surface area contributed by atoms with Crippen LogP contribution in [0.1, 0.15) is 10.5 Å². The molecule has 0 fully saturated rings. The SMILES string of the molecule is NC(=O)c1nn(CCO)c(O)c1/N=N/c1ccc(/N=N/c2c(S(=O)(=O)O)cc3cc(S(=O)(=O)O)c(/N=N/c4ccc([N+](=O)[O-])cc4S(=O)(=O)O)c(O)c3c2O)c(S(=O)(=O)O)c1. The lowest BCUT2D eigenvalue weighted by Crippen LogP contribution is -2.13. The second-order valence-electron chi connectivity index (χ2n) is 11.6. The summed E-state index contributed by atoms with van der Waals surface area (Å²) < 4.78 is 139. The molecule has 1 heterocycles. The molecule has 322 valence electrons. The van der Waals surface area contributed by atoms with Gasteiger partial charge in [0.05, 0.1) is 29.1 Å². The van der Waals surface area contributed by atoms with Crippen LogP contribution in [0.25, 0.3) is 10.8 Å². The fourth-order valence-electron chi connectivity index (χ4n) is 5.08. The van der Waals surface area contributed by atoms with Crippen molar-refractivity contribution >= 4 is 97.0 Å². The molecule has 0 saturated carbocycles. The highest BCUT2D eigenvalue weighted by Crippen LogP contribution is 2.50. The molecule has 0 spiro atoms. The van der Waals surface area contributed by atoms with Crippen molar-refractivity contribution in [3.8, 4) is 17.4 Å². The van der Waals surface area contributed by atoms with Crippen LogP contribution in [0, 0.1) is 10.1 Å². The predicted molar refractivity (Wildman–Crippen MR) is 198 cm³/mol. The summed E-state index contributed by atoms with van der Waals surface area (Å²) in [5.74, 6) is -4.95. The highest BCUT2D eigenvalue weighted by Gasteiger charge is 2.30. The molecule has 33 heteroatoms. The number of nitrogens with two attached hydrogens (primary N) is 1. The summed E-state index contributed by atoms with van der Waals surface area (Å²) in [5.41, 5.74) is -1.70. The summed E-state index contributed by atoms with van der Waals surface area (Å²) in [6, 6.07) is 4.70. The first-order valence-corrected chi connectivity index (χ1v) is 21.2. The van der Waals surface area contributed by atoms with Crippen molar-refractivity contribution in [2.75, 3.05) is 6.61 Å². The number of primary amides is 1. The number of hydrogen-bond donors (Lipinski definition) is 9. The summed E-state index contributed by atoms with van der Waals surface area (Å²) in [5, 5.41) is 75.9. The largest absolute Gasteiger partial charge is 0.505 e. The molecule has 0 saturated heterocycles. The number of aromatic hydroxyl groups is 3. The lowest BCUT2D eigenvalue weighted by atomic mass is 10.1. The number of aromatic nitrogens is 2. The fourth-order valence-corrected chi connectivity index (χ4v) is 7.68. The summed E-state index contributed by atoms with van der Waals surface area (Å²) in [4.78, 5) is 16.7. The summed E-state index contributed by atoms with van der Waals surface area (Å²) in [7, 11) is -21.7. The van der Waals surface area contributed by atoms with Crippen LogP contribution in [0.4, 0.5) is 39.8 Å². The summed E-state index contributed by atoms with van der Waals surface area (Å²) in [6.07, 6.45) is 0. The third-order valence-electron chi connectivity index (χ3n) is 7.69. The Balaban J connectivity index is 1.70. The van der Waals surface area contributed by atoms with Gasteiger partial charge < -0.3 is 26.2 Å². The van der Waals surface area contributed by atoms with Crippen molar-refractivity contribution in [2.45, 2.75) is 26.1 Å². The number of nitrogens with zero attached hydrogens (tertiary/aromatic N) is 9. The molecule has 0 aliphatic heterocycles. The van der Waals surface area contributed by atoms with E-state index in [4.69, 9.17) is 10.8 Å². The van der Waals surface area contributed by atoms with E-state index in [1.807, 2.05) is 0 Å². The molecular weight excluding hydrogens is 909 g/mol. The maximum Gasteiger partial charge on any atom is 0.297 e. The van der Waals surface area contributed by atoms with Gasteiger partial charge in [-0.05, 0) is 41.8 Å². The lowest BCUT2D eigenvalue weighted by molar-refractivity contribution is -0.385. The van der Waals surface area contributed by atoms with E-state index < -0.39 is 151 Å². The molecule has 5 aromatic rings. The van der Waals surface area contributed by atoms with Crippen LogP contribution in [0.3, 0.4) is 0 Å². The molecule has 1 amide bonds. The first-order valence-electron chi connectivity index (χ1n) is 15.5. The quantitative estimate of drug-likeness (QED) is 0.0333. The third kappa shape index (κ3) is 9.42. The topological polar surface area (TPSA) is 477 Å². The molecule has 61 heavy (non-hydrogen) atoms. The van der Waals surface area contributed by atoms with E-state index in [0.29, 0.717) is 36.4 Å². The number of rotatable bonds is 14. The van der Waals surface area contributed by atoms with Gasteiger partial charge in [0.25, 0.3) is 52.1 Å². The van der Waals surface area contributed by atoms with Gasteiger partial charge in [-0.3, -0.25) is 33.1 Å². The molecule has 0 radical (unpaired) electrons. The molecule has 0 bridgehead atoms. The number of nitro groups is 1. The van der Waals surface area contributed by atoms with Gasteiger partial charge in [-0.15, -0.1) is 25.6 Å².